The molecule has 0 bridgehead atoms. The quantitative estimate of drug-likeness (QED) is 0.856. The first-order valence-electron chi connectivity index (χ1n) is 7.38. The molecular formula is C16H26N2O. The van der Waals surface area contributed by atoms with Crippen LogP contribution in [0.5, 0.6) is 0 Å². The maximum Gasteiger partial charge on any atom is 0.0592 e. The largest absolute Gasteiger partial charge is 0.378 e. The summed E-state index contributed by atoms with van der Waals surface area (Å²) in [6.45, 7) is 7.10. The van der Waals surface area contributed by atoms with E-state index in [9.17, 15) is 0 Å². The molecule has 3 heteroatoms. The molecular weight excluding hydrogens is 236 g/mol. The lowest BCUT2D eigenvalue weighted by Gasteiger charge is -2.30. The van der Waals surface area contributed by atoms with Crippen molar-refractivity contribution in [1.29, 1.82) is 0 Å². The molecule has 2 N–H and O–H groups in total. The molecule has 0 amide bonds. The molecule has 3 nitrogen and oxygen atoms in total. The highest BCUT2D eigenvalue weighted by Crippen LogP contribution is 2.21. The molecule has 1 unspecified atom stereocenters. The van der Waals surface area contributed by atoms with Crippen molar-refractivity contribution in [3.05, 3.63) is 29.8 Å². The fourth-order valence-corrected chi connectivity index (χ4v) is 2.66. The van der Waals surface area contributed by atoms with Gasteiger partial charge in [-0.05, 0) is 50.8 Å². The zero-order valence-electron chi connectivity index (χ0n) is 12.1. The molecule has 1 aliphatic heterocycles. The van der Waals surface area contributed by atoms with Crippen LogP contribution in [0.2, 0.25) is 0 Å². The number of anilines is 1. The van der Waals surface area contributed by atoms with Crippen molar-refractivity contribution >= 4 is 5.69 Å². The van der Waals surface area contributed by atoms with Crippen LogP contribution in [0.1, 0.15) is 38.7 Å². The third kappa shape index (κ3) is 3.95. The van der Waals surface area contributed by atoms with Gasteiger partial charge in [0.1, 0.15) is 0 Å². The summed E-state index contributed by atoms with van der Waals surface area (Å²) in [5, 5.41) is 0. The zero-order chi connectivity index (χ0) is 13.7. The molecule has 2 rings (SSSR count). The number of ether oxygens (including phenoxy) is 1. The Hall–Kier alpha value is -1.06. The summed E-state index contributed by atoms with van der Waals surface area (Å²) in [4.78, 5) is 2.45. The standard InChI is InChI=1S/C16H26N2O/c1-13(2)18(10-9-16-4-3-11-19-16)15-7-5-14(12-17)6-8-15/h5-8,13,16H,3-4,9-12,17H2,1-2H3. The first kappa shape index (κ1) is 14.4. The van der Waals surface area contributed by atoms with Crippen LogP contribution >= 0.6 is 0 Å². The van der Waals surface area contributed by atoms with E-state index in [1.54, 1.807) is 0 Å². The van der Waals surface area contributed by atoms with E-state index < -0.39 is 0 Å². The third-order valence-corrected chi connectivity index (χ3v) is 3.84. The predicted octanol–water partition coefficient (Wildman–Crippen LogP) is 2.93. The number of hydrogen-bond donors (Lipinski definition) is 1. The highest BCUT2D eigenvalue weighted by atomic mass is 16.5. The van der Waals surface area contributed by atoms with E-state index in [1.807, 2.05) is 0 Å². The van der Waals surface area contributed by atoms with Gasteiger partial charge in [0.2, 0.25) is 0 Å². The average molecular weight is 262 g/mol. The SMILES string of the molecule is CC(C)N(CCC1CCCO1)c1ccc(CN)cc1. The molecule has 1 saturated heterocycles. The monoisotopic (exact) mass is 262 g/mol. The van der Waals surface area contributed by atoms with Gasteiger partial charge in [0.25, 0.3) is 0 Å². The topological polar surface area (TPSA) is 38.5 Å². The van der Waals surface area contributed by atoms with Gasteiger partial charge in [-0.1, -0.05) is 12.1 Å². The smallest absolute Gasteiger partial charge is 0.0592 e. The third-order valence-electron chi connectivity index (χ3n) is 3.84. The van der Waals surface area contributed by atoms with E-state index in [0.717, 1.165) is 19.6 Å². The molecule has 1 aromatic rings. The molecule has 1 fully saturated rings. The summed E-state index contributed by atoms with van der Waals surface area (Å²) in [5.74, 6) is 0. The van der Waals surface area contributed by atoms with E-state index in [-0.39, 0.29) is 0 Å². The number of hydrogen-bond acceptors (Lipinski definition) is 3. The number of nitrogens with zero attached hydrogens (tertiary/aromatic N) is 1. The highest BCUT2D eigenvalue weighted by molar-refractivity contribution is 5.48. The number of rotatable bonds is 6. The molecule has 0 spiro atoms. The van der Waals surface area contributed by atoms with Crippen molar-refractivity contribution in [3.63, 3.8) is 0 Å². The first-order valence-corrected chi connectivity index (χ1v) is 7.38. The van der Waals surface area contributed by atoms with Gasteiger partial charge in [-0.2, -0.15) is 0 Å². The van der Waals surface area contributed by atoms with Gasteiger partial charge < -0.3 is 15.4 Å². The normalized spacial score (nSPS) is 19.1. The van der Waals surface area contributed by atoms with Crippen LogP contribution < -0.4 is 10.6 Å². The number of nitrogens with two attached hydrogens (primary N) is 1. The lowest BCUT2D eigenvalue weighted by atomic mass is 10.1. The Bertz CT molecular complexity index is 369. The van der Waals surface area contributed by atoms with Gasteiger partial charge in [-0.15, -0.1) is 0 Å². The Morgan fingerprint density at radius 2 is 2.05 bits per heavy atom. The summed E-state index contributed by atoms with van der Waals surface area (Å²) in [7, 11) is 0. The fourth-order valence-electron chi connectivity index (χ4n) is 2.66. The summed E-state index contributed by atoms with van der Waals surface area (Å²) in [6, 6.07) is 9.10. The lowest BCUT2D eigenvalue weighted by molar-refractivity contribution is 0.105. The van der Waals surface area contributed by atoms with Crippen molar-refractivity contribution < 1.29 is 4.74 Å². The maximum atomic E-state index is 5.71. The maximum absolute atomic E-state index is 5.71. The van der Waals surface area contributed by atoms with Crippen LogP contribution in [0.3, 0.4) is 0 Å². The second kappa shape index (κ2) is 6.92. The molecule has 0 aromatic heterocycles. The fraction of sp³-hybridized carbons (Fsp3) is 0.625. The van der Waals surface area contributed by atoms with E-state index in [1.165, 1.54) is 24.1 Å². The minimum Gasteiger partial charge on any atom is -0.378 e. The molecule has 19 heavy (non-hydrogen) atoms. The lowest BCUT2D eigenvalue weighted by Crippen LogP contribution is -2.33. The second-order valence-electron chi connectivity index (χ2n) is 5.58. The zero-order valence-corrected chi connectivity index (χ0v) is 12.1. The van der Waals surface area contributed by atoms with Gasteiger partial charge in [0.05, 0.1) is 6.10 Å². The first-order chi connectivity index (χ1) is 9.20. The summed E-state index contributed by atoms with van der Waals surface area (Å²) < 4.78 is 5.71. The molecule has 106 valence electrons. The van der Waals surface area contributed by atoms with Crippen molar-refractivity contribution in [1.82, 2.24) is 0 Å². The van der Waals surface area contributed by atoms with Crippen LogP contribution in [0, 0.1) is 0 Å². The van der Waals surface area contributed by atoms with Crippen LogP contribution in [0.4, 0.5) is 5.69 Å². The van der Waals surface area contributed by atoms with Crippen LogP contribution in [-0.4, -0.2) is 25.3 Å². The van der Waals surface area contributed by atoms with Crippen LogP contribution in [0.25, 0.3) is 0 Å². The molecule has 0 aliphatic carbocycles. The Balaban J connectivity index is 1.97. The second-order valence-corrected chi connectivity index (χ2v) is 5.58. The van der Waals surface area contributed by atoms with Gasteiger partial charge in [0.15, 0.2) is 0 Å². The highest BCUT2D eigenvalue weighted by Gasteiger charge is 2.18. The average Bonchev–Trinajstić information content (AvgIpc) is 2.92. The summed E-state index contributed by atoms with van der Waals surface area (Å²) >= 11 is 0. The Morgan fingerprint density at radius 3 is 2.58 bits per heavy atom. The Kier molecular flexibility index (Phi) is 5.23. The Labute approximate surface area is 116 Å². The minimum absolute atomic E-state index is 0.463. The van der Waals surface area contributed by atoms with E-state index in [0.29, 0.717) is 18.7 Å². The summed E-state index contributed by atoms with van der Waals surface area (Å²) in [5.41, 5.74) is 8.12. The molecule has 1 heterocycles. The molecule has 1 atom stereocenters. The van der Waals surface area contributed by atoms with Gasteiger partial charge in [-0.3, -0.25) is 0 Å². The number of benzene rings is 1. The van der Waals surface area contributed by atoms with Crippen molar-refractivity contribution in [3.8, 4) is 0 Å². The predicted molar refractivity (Wildman–Crippen MR) is 80.4 cm³/mol. The Morgan fingerprint density at radius 1 is 1.32 bits per heavy atom. The molecule has 1 aromatic carbocycles. The van der Waals surface area contributed by atoms with E-state index in [4.69, 9.17) is 10.5 Å². The van der Waals surface area contributed by atoms with E-state index in [2.05, 4.69) is 43.0 Å². The minimum atomic E-state index is 0.463. The van der Waals surface area contributed by atoms with Crippen molar-refractivity contribution in [2.75, 3.05) is 18.1 Å². The summed E-state index contributed by atoms with van der Waals surface area (Å²) in [6.07, 6.45) is 4.02. The van der Waals surface area contributed by atoms with Crippen molar-refractivity contribution in [2.24, 2.45) is 5.73 Å². The van der Waals surface area contributed by atoms with E-state index >= 15 is 0 Å². The molecule has 1 aliphatic rings. The van der Waals surface area contributed by atoms with Crippen LogP contribution in [0.15, 0.2) is 24.3 Å². The molecule has 0 radical (unpaired) electrons. The molecule has 0 saturated carbocycles. The van der Waals surface area contributed by atoms with Crippen LogP contribution in [-0.2, 0) is 11.3 Å². The van der Waals surface area contributed by atoms with Gasteiger partial charge >= 0.3 is 0 Å². The van der Waals surface area contributed by atoms with Gasteiger partial charge in [-0.25, -0.2) is 0 Å². The van der Waals surface area contributed by atoms with Crippen molar-refractivity contribution in [2.45, 2.75) is 51.8 Å². The van der Waals surface area contributed by atoms with Gasteiger partial charge in [0, 0.05) is 31.4 Å².